The highest BCUT2D eigenvalue weighted by Gasteiger charge is 2.44. The molecule has 3 rings (SSSR count). The Morgan fingerprint density at radius 1 is 1.42 bits per heavy atom. The van der Waals surface area contributed by atoms with Gasteiger partial charge in [-0.2, -0.15) is 11.3 Å². The number of hydrogen-bond acceptors (Lipinski definition) is 5. The molecule has 1 amide bonds. The van der Waals surface area contributed by atoms with E-state index >= 15 is 0 Å². The molecule has 0 aromatic carbocycles. The van der Waals surface area contributed by atoms with Crippen LogP contribution in [0.1, 0.15) is 18.9 Å². The highest BCUT2D eigenvalue weighted by molar-refractivity contribution is 7.07. The van der Waals surface area contributed by atoms with Crippen molar-refractivity contribution < 1.29 is 9.53 Å². The van der Waals surface area contributed by atoms with Crippen LogP contribution in [0.25, 0.3) is 0 Å². The number of ether oxygens (including phenoxy) is 1. The lowest BCUT2D eigenvalue weighted by molar-refractivity contribution is -0.139. The molecule has 0 bridgehead atoms. The first-order valence-corrected chi connectivity index (χ1v) is 9.82. The Balaban J connectivity index is 1.64. The molecule has 1 aromatic rings. The first kappa shape index (κ1) is 17.9. The van der Waals surface area contributed by atoms with Crippen LogP contribution in [0.5, 0.6) is 0 Å². The average molecular weight is 352 g/mol. The van der Waals surface area contributed by atoms with Crippen molar-refractivity contribution in [1.82, 2.24) is 14.7 Å². The maximum atomic E-state index is 11.9. The van der Waals surface area contributed by atoms with Gasteiger partial charge in [-0.05, 0) is 35.4 Å². The zero-order valence-corrected chi connectivity index (χ0v) is 15.8. The van der Waals surface area contributed by atoms with E-state index in [2.05, 4.69) is 33.6 Å². The van der Waals surface area contributed by atoms with Gasteiger partial charge in [-0.25, -0.2) is 0 Å². The third-order valence-corrected chi connectivity index (χ3v) is 6.12. The van der Waals surface area contributed by atoms with Gasteiger partial charge in [0.05, 0.1) is 6.10 Å². The van der Waals surface area contributed by atoms with Gasteiger partial charge in [-0.15, -0.1) is 0 Å². The smallest absolute Gasteiger partial charge is 0.248 e. The Morgan fingerprint density at radius 2 is 2.25 bits per heavy atom. The van der Waals surface area contributed by atoms with E-state index in [1.54, 1.807) is 30.3 Å². The minimum Gasteiger partial charge on any atom is -0.368 e. The molecule has 2 saturated heterocycles. The molecule has 24 heavy (non-hydrogen) atoms. The monoisotopic (exact) mass is 351 g/mol. The molecule has 0 spiro atoms. The van der Waals surface area contributed by atoms with Gasteiger partial charge in [0.25, 0.3) is 0 Å². The fourth-order valence-electron chi connectivity index (χ4n) is 3.90. The molecule has 2 aliphatic rings. The average Bonchev–Trinajstić information content (AvgIpc) is 3.22. The largest absolute Gasteiger partial charge is 0.368 e. The molecular formula is C18H29N3O2S. The van der Waals surface area contributed by atoms with Crippen LogP contribution in [0.15, 0.2) is 16.8 Å². The second-order valence-corrected chi connectivity index (χ2v) is 7.89. The molecule has 5 nitrogen and oxygen atoms in total. The normalized spacial score (nSPS) is 28.0. The summed E-state index contributed by atoms with van der Waals surface area (Å²) in [7, 11) is 3.57. The van der Waals surface area contributed by atoms with Crippen LogP contribution >= 0.6 is 11.3 Å². The lowest BCUT2D eigenvalue weighted by Gasteiger charge is -2.41. The predicted octanol–water partition coefficient (Wildman–Crippen LogP) is 1.75. The number of piperidine rings is 1. The molecule has 0 saturated carbocycles. The highest BCUT2D eigenvalue weighted by Crippen LogP contribution is 2.33. The fraction of sp³-hybridized carbons (Fsp3) is 0.722. The standard InChI is InChI=1S/C18H29N3O2S/c1-4-20-10-15-16(11-20)21(9-14-6-8-24-13-14)7-5-17(15)23-12-18(22)19(2)3/h6,8,13,15-17H,4-5,7,9-12H2,1-3H3/t15-,16+,17-/m0/s1. The number of likely N-dealkylation sites (N-methyl/N-ethyl adjacent to an activating group) is 2. The summed E-state index contributed by atoms with van der Waals surface area (Å²) in [5.74, 6) is 0.560. The Kier molecular flexibility index (Phi) is 5.92. The van der Waals surface area contributed by atoms with E-state index in [4.69, 9.17) is 4.74 Å². The summed E-state index contributed by atoms with van der Waals surface area (Å²) >= 11 is 1.77. The minimum atomic E-state index is 0.0533. The highest BCUT2D eigenvalue weighted by atomic mass is 32.1. The van der Waals surface area contributed by atoms with Crippen LogP contribution in [0, 0.1) is 5.92 Å². The van der Waals surface area contributed by atoms with Crippen molar-refractivity contribution in [2.45, 2.75) is 32.0 Å². The summed E-state index contributed by atoms with van der Waals surface area (Å²) in [4.78, 5) is 18.6. The van der Waals surface area contributed by atoms with Crippen molar-refractivity contribution in [2.75, 3.05) is 46.9 Å². The predicted molar refractivity (Wildman–Crippen MR) is 97.2 cm³/mol. The lowest BCUT2D eigenvalue weighted by atomic mass is 9.88. The molecule has 0 N–H and O–H groups in total. The van der Waals surface area contributed by atoms with Crippen LogP contribution in [0.3, 0.4) is 0 Å². The van der Waals surface area contributed by atoms with Crippen molar-refractivity contribution in [3.05, 3.63) is 22.4 Å². The van der Waals surface area contributed by atoms with Crippen molar-refractivity contribution in [3.8, 4) is 0 Å². The van der Waals surface area contributed by atoms with Crippen LogP contribution in [-0.4, -0.2) is 79.6 Å². The maximum Gasteiger partial charge on any atom is 0.248 e. The molecule has 1 aromatic heterocycles. The Labute approximate surface area is 149 Å². The summed E-state index contributed by atoms with van der Waals surface area (Å²) in [6, 6.07) is 2.77. The zero-order chi connectivity index (χ0) is 17.1. The van der Waals surface area contributed by atoms with E-state index in [0.29, 0.717) is 12.0 Å². The van der Waals surface area contributed by atoms with Crippen LogP contribution in [0.4, 0.5) is 0 Å². The van der Waals surface area contributed by atoms with Gasteiger partial charge < -0.3 is 14.5 Å². The molecule has 3 atom stereocenters. The molecule has 2 fully saturated rings. The molecule has 3 heterocycles. The number of carbonyl (C=O) groups excluding carboxylic acids is 1. The summed E-state index contributed by atoms with van der Waals surface area (Å²) in [5, 5.41) is 4.41. The molecule has 6 heteroatoms. The number of likely N-dealkylation sites (tertiary alicyclic amines) is 2. The van der Waals surface area contributed by atoms with Crippen LogP contribution < -0.4 is 0 Å². The number of amides is 1. The first-order valence-electron chi connectivity index (χ1n) is 8.87. The van der Waals surface area contributed by atoms with Crippen molar-refractivity contribution in [3.63, 3.8) is 0 Å². The number of nitrogens with zero attached hydrogens (tertiary/aromatic N) is 3. The van der Waals surface area contributed by atoms with Crippen molar-refractivity contribution >= 4 is 17.2 Å². The topological polar surface area (TPSA) is 36.0 Å². The summed E-state index contributed by atoms with van der Waals surface area (Å²) in [6.45, 7) is 7.81. The number of thiophene rings is 1. The number of hydrogen-bond donors (Lipinski definition) is 0. The molecule has 134 valence electrons. The quantitative estimate of drug-likeness (QED) is 0.782. The molecule has 0 radical (unpaired) electrons. The summed E-state index contributed by atoms with van der Waals surface area (Å²) in [6.07, 6.45) is 1.22. The van der Waals surface area contributed by atoms with E-state index in [0.717, 1.165) is 39.1 Å². The minimum absolute atomic E-state index is 0.0533. The Bertz CT molecular complexity index is 534. The second kappa shape index (κ2) is 7.95. The third-order valence-electron chi connectivity index (χ3n) is 5.39. The van der Waals surface area contributed by atoms with Crippen molar-refractivity contribution in [2.24, 2.45) is 5.92 Å². The van der Waals surface area contributed by atoms with Crippen molar-refractivity contribution in [1.29, 1.82) is 0 Å². The van der Waals surface area contributed by atoms with Crippen LogP contribution in [-0.2, 0) is 16.1 Å². The number of rotatable bonds is 6. The molecule has 0 aliphatic carbocycles. The first-order chi connectivity index (χ1) is 11.6. The van der Waals surface area contributed by atoms with Gasteiger partial charge in [0.2, 0.25) is 5.91 Å². The fourth-order valence-corrected chi connectivity index (χ4v) is 4.56. The number of carbonyl (C=O) groups is 1. The third kappa shape index (κ3) is 3.99. The van der Waals surface area contributed by atoms with E-state index in [1.165, 1.54) is 5.56 Å². The zero-order valence-electron chi connectivity index (χ0n) is 15.0. The molecule has 2 aliphatic heterocycles. The summed E-state index contributed by atoms with van der Waals surface area (Å²) < 4.78 is 6.05. The van der Waals surface area contributed by atoms with Crippen LogP contribution in [0.2, 0.25) is 0 Å². The van der Waals surface area contributed by atoms with E-state index in [-0.39, 0.29) is 18.6 Å². The van der Waals surface area contributed by atoms with Gasteiger partial charge in [-0.3, -0.25) is 9.69 Å². The summed E-state index contributed by atoms with van der Waals surface area (Å²) in [5.41, 5.74) is 1.41. The Hall–Kier alpha value is -0.950. The SMILES string of the molecule is CCN1C[C@@H]2[C@@H](OCC(=O)N(C)C)CCN(Cc3ccsc3)[C@@H]2C1. The molecular weight excluding hydrogens is 322 g/mol. The van der Waals surface area contributed by atoms with Gasteiger partial charge in [-0.1, -0.05) is 6.92 Å². The lowest BCUT2D eigenvalue weighted by Crippen LogP contribution is -2.51. The maximum absolute atomic E-state index is 11.9. The van der Waals surface area contributed by atoms with E-state index in [9.17, 15) is 4.79 Å². The van der Waals surface area contributed by atoms with Gasteiger partial charge in [0, 0.05) is 52.2 Å². The van der Waals surface area contributed by atoms with Gasteiger partial charge in [0.1, 0.15) is 6.61 Å². The van der Waals surface area contributed by atoms with E-state index in [1.807, 2.05) is 0 Å². The van der Waals surface area contributed by atoms with E-state index < -0.39 is 0 Å². The number of fused-ring (bicyclic) bond motifs is 1. The van der Waals surface area contributed by atoms with Gasteiger partial charge in [0.15, 0.2) is 0 Å². The second-order valence-electron chi connectivity index (χ2n) is 7.11. The molecule has 0 unspecified atom stereocenters. The van der Waals surface area contributed by atoms with Gasteiger partial charge >= 0.3 is 0 Å². The Morgan fingerprint density at radius 3 is 2.92 bits per heavy atom.